The zero-order valence-electron chi connectivity index (χ0n) is 9.03. The molecule has 2 N–H and O–H groups in total. The normalized spacial score (nSPS) is 10.6. The van der Waals surface area contributed by atoms with Gasteiger partial charge in [-0.05, 0) is 18.6 Å². The van der Waals surface area contributed by atoms with Gasteiger partial charge in [-0.3, -0.25) is 0 Å². The standard InChI is InChI=1S/C12H13FN2O/c1-2-5-9-11(16-15-12(9)14)8-6-3-4-7-10(8)13/h3-4,6-7H,2,5H2,1H3,(H2,14,15). The molecule has 0 saturated carbocycles. The van der Waals surface area contributed by atoms with E-state index in [2.05, 4.69) is 5.16 Å². The molecular formula is C12H13FN2O. The van der Waals surface area contributed by atoms with Crippen LogP contribution in [-0.2, 0) is 6.42 Å². The van der Waals surface area contributed by atoms with E-state index >= 15 is 0 Å². The Bertz CT molecular complexity index is 494. The number of rotatable bonds is 3. The number of nitrogens with zero attached hydrogens (tertiary/aromatic N) is 1. The van der Waals surface area contributed by atoms with Crippen LogP contribution in [0.2, 0.25) is 0 Å². The van der Waals surface area contributed by atoms with E-state index in [1.807, 2.05) is 6.92 Å². The predicted molar refractivity (Wildman–Crippen MR) is 60.3 cm³/mol. The molecule has 2 aromatic rings. The second-order valence-corrected chi connectivity index (χ2v) is 3.61. The summed E-state index contributed by atoms with van der Waals surface area (Å²) in [5.41, 5.74) is 6.88. The minimum absolute atomic E-state index is 0.323. The Balaban J connectivity index is 2.52. The maximum atomic E-state index is 13.6. The molecule has 0 aliphatic heterocycles. The van der Waals surface area contributed by atoms with E-state index in [9.17, 15) is 4.39 Å². The lowest BCUT2D eigenvalue weighted by Gasteiger charge is -2.01. The number of halogens is 1. The minimum Gasteiger partial charge on any atom is -0.381 e. The molecule has 1 aromatic carbocycles. The van der Waals surface area contributed by atoms with Gasteiger partial charge in [-0.25, -0.2) is 4.39 Å². The zero-order valence-corrected chi connectivity index (χ0v) is 9.03. The van der Waals surface area contributed by atoms with Gasteiger partial charge in [0.1, 0.15) is 5.82 Å². The van der Waals surface area contributed by atoms with Crippen LogP contribution in [0.1, 0.15) is 18.9 Å². The molecule has 3 nitrogen and oxygen atoms in total. The fourth-order valence-corrected chi connectivity index (χ4v) is 1.67. The van der Waals surface area contributed by atoms with E-state index < -0.39 is 0 Å². The minimum atomic E-state index is -0.323. The highest BCUT2D eigenvalue weighted by Gasteiger charge is 2.17. The third-order valence-electron chi connectivity index (χ3n) is 2.44. The number of aromatic nitrogens is 1. The molecule has 0 fully saturated rings. The average Bonchev–Trinajstić information content (AvgIpc) is 2.62. The Morgan fingerprint density at radius 3 is 2.81 bits per heavy atom. The summed E-state index contributed by atoms with van der Waals surface area (Å²) in [6.45, 7) is 2.03. The summed E-state index contributed by atoms with van der Waals surface area (Å²) in [5, 5.41) is 3.69. The fraction of sp³-hybridized carbons (Fsp3) is 0.250. The average molecular weight is 220 g/mol. The van der Waals surface area contributed by atoms with E-state index in [1.54, 1.807) is 18.2 Å². The first-order valence-electron chi connectivity index (χ1n) is 5.23. The van der Waals surface area contributed by atoms with Crippen molar-refractivity contribution < 1.29 is 8.91 Å². The van der Waals surface area contributed by atoms with Crippen LogP contribution in [0.4, 0.5) is 10.2 Å². The van der Waals surface area contributed by atoms with Crippen molar-refractivity contribution >= 4 is 5.82 Å². The fourth-order valence-electron chi connectivity index (χ4n) is 1.67. The summed E-state index contributed by atoms with van der Waals surface area (Å²) in [7, 11) is 0. The first-order chi connectivity index (χ1) is 7.74. The molecule has 0 aliphatic carbocycles. The van der Waals surface area contributed by atoms with E-state index in [4.69, 9.17) is 10.3 Å². The molecule has 1 heterocycles. The molecule has 0 aliphatic rings. The maximum absolute atomic E-state index is 13.6. The maximum Gasteiger partial charge on any atom is 0.175 e. The molecule has 0 radical (unpaired) electrons. The third kappa shape index (κ3) is 1.78. The van der Waals surface area contributed by atoms with Gasteiger partial charge in [0, 0.05) is 5.56 Å². The molecule has 2 rings (SSSR count). The second kappa shape index (κ2) is 4.35. The lowest BCUT2D eigenvalue weighted by Crippen LogP contribution is -1.93. The summed E-state index contributed by atoms with van der Waals surface area (Å²) in [6.07, 6.45) is 1.64. The van der Waals surface area contributed by atoms with Gasteiger partial charge in [0.2, 0.25) is 0 Å². The molecule has 0 amide bonds. The number of nitrogen functional groups attached to an aromatic ring is 1. The topological polar surface area (TPSA) is 52.0 Å². The highest BCUT2D eigenvalue weighted by Crippen LogP contribution is 2.30. The highest BCUT2D eigenvalue weighted by atomic mass is 19.1. The summed E-state index contributed by atoms with van der Waals surface area (Å²) in [4.78, 5) is 0. The van der Waals surface area contributed by atoms with Crippen LogP contribution in [0.5, 0.6) is 0 Å². The smallest absolute Gasteiger partial charge is 0.175 e. The number of anilines is 1. The molecule has 16 heavy (non-hydrogen) atoms. The van der Waals surface area contributed by atoms with Crippen molar-refractivity contribution in [3.63, 3.8) is 0 Å². The van der Waals surface area contributed by atoms with Crippen LogP contribution in [0.25, 0.3) is 11.3 Å². The molecule has 0 bridgehead atoms. The van der Waals surface area contributed by atoms with E-state index in [1.165, 1.54) is 6.07 Å². The number of hydrogen-bond donors (Lipinski definition) is 1. The van der Waals surface area contributed by atoms with Gasteiger partial charge in [-0.15, -0.1) is 0 Å². The summed E-state index contributed by atoms with van der Waals surface area (Å²) >= 11 is 0. The monoisotopic (exact) mass is 220 g/mol. The van der Waals surface area contributed by atoms with Crippen molar-refractivity contribution in [2.24, 2.45) is 0 Å². The summed E-state index contributed by atoms with van der Waals surface area (Å²) < 4.78 is 18.7. The lowest BCUT2D eigenvalue weighted by molar-refractivity contribution is 0.432. The van der Waals surface area contributed by atoms with Crippen LogP contribution in [-0.4, -0.2) is 5.16 Å². The Hall–Kier alpha value is -1.84. The van der Waals surface area contributed by atoms with Crippen LogP contribution in [0.3, 0.4) is 0 Å². The summed E-state index contributed by atoms with van der Waals surface area (Å²) in [5.74, 6) is 0.466. The largest absolute Gasteiger partial charge is 0.381 e. The Labute approximate surface area is 93.1 Å². The van der Waals surface area contributed by atoms with Gasteiger partial charge in [0.05, 0.1) is 5.56 Å². The van der Waals surface area contributed by atoms with E-state index in [0.717, 1.165) is 18.4 Å². The van der Waals surface area contributed by atoms with Crippen molar-refractivity contribution in [3.05, 3.63) is 35.6 Å². The van der Waals surface area contributed by atoms with Gasteiger partial charge in [0.15, 0.2) is 11.6 Å². The molecule has 0 unspecified atom stereocenters. The molecule has 0 saturated heterocycles. The molecule has 4 heteroatoms. The Morgan fingerprint density at radius 2 is 2.12 bits per heavy atom. The van der Waals surface area contributed by atoms with Crippen molar-refractivity contribution in [1.82, 2.24) is 5.16 Å². The van der Waals surface area contributed by atoms with E-state index in [0.29, 0.717) is 17.1 Å². The predicted octanol–water partition coefficient (Wildman–Crippen LogP) is 3.02. The van der Waals surface area contributed by atoms with Crippen molar-refractivity contribution in [2.75, 3.05) is 5.73 Å². The molecular weight excluding hydrogens is 207 g/mol. The van der Waals surface area contributed by atoms with Crippen molar-refractivity contribution in [1.29, 1.82) is 0 Å². The molecule has 84 valence electrons. The molecule has 0 atom stereocenters. The van der Waals surface area contributed by atoms with Gasteiger partial charge in [-0.1, -0.05) is 30.6 Å². The number of hydrogen-bond acceptors (Lipinski definition) is 3. The van der Waals surface area contributed by atoms with Gasteiger partial charge in [-0.2, -0.15) is 0 Å². The number of nitrogens with two attached hydrogens (primary N) is 1. The van der Waals surface area contributed by atoms with Crippen LogP contribution in [0, 0.1) is 5.82 Å². The van der Waals surface area contributed by atoms with Crippen molar-refractivity contribution in [3.8, 4) is 11.3 Å². The Morgan fingerprint density at radius 1 is 1.38 bits per heavy atom. The van der Waals surface area contributed by atoms with Crippen LogP contribution in [0.15, 0.2) is 28.8 Å². The quantitative estimate of drug-likeness (QED) is 0.865. The Kier molecular flexibility index (Phi) is 2.90. The molecule has 0 spiro atoms. The van der Waals surface area contributed by atoms with Gasteiger partial charge >= 0.3 is 0 Å². The lowest BCUT2D eigenvalue weighted by atomic mass is 10.0. The first kappa shape index (κ1) is 10.7. The van der Waals surface area contributed by atoms with Gasteiger partial charge in [0.25, 0.3) is 0 Å². The summed E-state index contributed by atoms with van der Waals surface area (Å²) in [6, 6.07) is 6.45. The van der Waals surface area contributed by atoms with Gasteiger partial charge < -0.3 is 10.3 Å². The number of benzene rings is 1. The highest BCUT2D eigenvalue weighted by molar-refractivity contribution is 5.66. The SMILES string of the molecule is CCCc1c(N)noc1-c1ccccc1F. The van der Waals surface area contributed by atoms with E-state index in [-0.39, 0.29) is 5.82 Å². The zero-order chi connectivity index (χ0) is 11.5. The van der Waals surface area contributed by atoms with Crippen LogP contribution >= 0.6 is 0 Å². The first-order valence-corrected chi connectivity index (χ1v) is 5.23. The molecule has 1 aromatic heterocycles. The second-order valence-electron chi connectivity index (χ2n) is 3.61. The van der Waals surface area contributed by atoms with Crippen LogP contribution < -0.4 is 5.73 Å². The third-order valence-corrected chi connectivity index (χ3v) is 2.44. The van der Waals surface area contributed by atoms with Crippen molar-refractivity contribution in [2.45, 2.75) is 19.8 Å².